The molecule has 4 aliphatic rings. The molecule has 3 unspecified atom stereocenters. The summed E-state index contributed by atoms with van der Waals surface area (Å²) in [5.74, 6) is 3.56. The van der Waals surface area contributed by atoms with Gasteiger partial charge in [0.05, 0.1) is 13.2 Å². The molecule has 0 radical (unpaired) electrons. The normalized spacial score (nSPS) is 39.7. The van der Waals surface area contributed by atoms with Crippen molar-refractivity contribution in [1.29, 1.82) is 0 Å². The first-order valence-corrected chi connectivity index (χ1v) is 23.5. The van der Waals surface area contributed by atoms with Crippen molar-refractivity contribution < 1.29 is 23.2 Å². The lowest BCUT2D eigenvalue weighted by molar-refractivity contribution is -0.169. The van der Waals surface area contributed by atoms with E-state index in [1.54, 1.807) is 0 Å². The fraction of sp³-hybridized carbons (Fsp3) is 0.939. The Morgan fingerprint density at radius 2 is 1.59 bits per heavy atom. The van der Waals surface area contributed by atoms with Crippen LogP contribution in [0, 0.1) is 46.3 Å². The van der Waals surface area contributed by atoms with E-state index in [-0.39, 0.29) is 17.9 Å². The average Bonchev–Trinajstić information content (AvgIpc) is 3.23. The number of nitrogens with one attached hydrogen (secondary N) is 1. The molecule has 1 amide bonds. The van der Waals surface area contributed by atoms with Crippen molar-refractivity contribution in [3.05, 3.63) is 0 Å². The van der Waals surface area contributed by atoms with Gasteiger partial charge in [-0.2, -0.15) is 0 Å². The third-order valence-corrected chi connectivity index (χ3v) is 14.0. The second-order valence-corrected chi connectivity index (χ2v) is 25.6. The van der Waals surface area contributed by atoms with Crippen LogP contribution in [0.1, 0.15) is 85.0 Å². The van der Waals surface area contributed by atoms with Crippen LogP contribution in [0.15, 0.2) is 0 Å². The summed E-state index contributed by atoms with van der Waals surface area (Å²) in [7, 11) is -1.94. The minimum Gasteiger partial charge on any atom is -0.468 e. The molecule has 10 atom stereocenters. The average molecular weight is 608 g/mol. The maximum Gasteiger partial charge on any atom is 0.325 e. The molecule has 8 heteroatoms. The summed E-state index contributed by atoms with van der Waals surface area (Å²) in [6.45, 7) is 21.6. The summed E-state index contributed by atoms with van der Waals surface area (Å²) in [5, 5.41) is 2.73. The van der Waals surface area contributed by atoms with Gasteiger partial charge in [0.2, 0.25) is 5.91 Å². The zero-order chi connectivity index (χ0) is 30.4. The van der Waals surface area contributed by atoms with E-state index in [1.807, 2.05) is 0 Å². The number of ether oxygens (including phenoxy) is 1. The Morgan fingerprint density at radius 3 is 2.22 bits per heavy atom. The van der Waals surface area contributed by atoms with Crippen molar-refractivity contribution in [3.63, 3.8) is 0 Å². The SMILES string of the molecule is COC(=O)CNC(=O)CC[C@@H](C)[C@H]1CC[C@H]2[C@@H]3CCC4CC(O[Si](C)(C)C)CC[C@]4(C)[C@H]3CC(O[Si](C)(C)C)[C@]12C. The minimum absolute atomic E-state index is 0.0487. The van der Waals surface area contributed by atoms with E-state index < -0.39 is 22.6 Å². The Labute approximate surface area is 253 Å². The second kappa shape index (κ2) is 12.4. The molecule has 0 aliphatic heterocycles. The number of carbonyl (C=O) groups excluding carboxylic acids is 2. The van der Waals surface area contributed by atoms with E-state index in [9.17, 15) is 9.59 Å². The number of rotatable bonds is 10. The molecule has 0 aromatic rings. The smallest absolute Gasteiger partial charge is 0.325 e. The first-order valence-electron chi connectivity index (χ1n) is 16.7. The molecular formula is C33H61NO5Si2. The van der Waals surface area contributed by atoms with E-state index >= 15 is 0 Å². The lowest BCUT2D eigenvalue weighted by Crippen LogP contribution is -2.60. The molecule has 1 N–H and O–H groups in total. The molecule has 0 aromatic carbocycles. The molecule has 0 heterocycles. The molecule has 0 saturated heterocycles. The van der Waals surface area contributed by atoms with Crippen LogP contribution in [0.5, 0.6) is 0 Å². The molecule has 6 nitrogen and oxygen atoms in total. The number of hydrogen-bond donors (Lipinski definition) is 1. The zero-order valence-corrected chi connectivity index (χ0v) is 29.9. The second-order valence-electron chi connectivity index (χ2n) is 16.7. The largest absolute Gasteiger partial charge is 0.468 e. The van der Waals surface area contributed by atoms with Crippen LogP contribution in [0.2, 0.25) is 39.3 Å². The Balaban J connectivity index is 1.52. The van der Waals surface area contributed by atoms with Crippen LogP contribution in [0.25, 0.3) is 0 Å². The van der Waals surface area contributed by atoms with Crippen LogP contribution in [-0.4, -0.2) is 54.4 Å². The van der Waals surface area contributed by atoms with Gasteiger partial charge in [-0.3, -0.25) is 9.59 Å². The van der Waals surface area contributed by atoms with Crippen molar-refractivity contribution in [2.75, 3.05) is 13.7 Å². The zero-order valence-electron chi connectivity index (χ0n) is 27.9. The van der Waals surface area contributed by atoms with Crippen molar-refractivity contribution in [1.82, 2.24) is 5.32 Å². The summed E-state index contributed by atoms with van der Waals surface area (Å²) in [6.07, 6.45) is 12.3. The summed E-state index contributed by atoms with van der Waals surface area (Å²) >= 11 is 0. The Hall–Kier alpha value is -0.706. The maximum atomic E-state index is 12.5. The van der Waals surface area contributed by atoms with E-state index in [4.69, 9.17) is 8.85 Å². The quantitative estimate of drug-likeness (QED) is 0.207. The van der Waals surface area contributed by atoms with Gasteiger partial charge in [-0.05, 0) is 143 Å². The highest BCUT2D eigenvalue weighted by Crippen LogP contribution is 2.69. The van der Waals surface area contributed by atoms with Gasteiger partial charge in [-0.25, -0.2) is 0 Å². The monoisotopic (exact) mass is 607 g/mol. The summed E-state index contributed by atoms with van der Waals surface area (Å²) in [6, 6.07) is 0. The third-order valence-electron chi connectivity index (χ3n) is 11.9. The molecule has 4 rings (SSSR count). The van der Waals surface area contributed by atoms with E-state index in [0.717, 1.165) is 24.2 Å². The van der Waals surface area contributed by atoms with Crippen molar-refractivity contribution >= 4 is 28.5 Å². The van der Waals surface area contributed by atoms with E-state index in [0.29, 0.717) is 41.8 Å². The summed E-state index contributed by atoms with van der Waals surface area (Å²) < 4.78 is 18.6. The Bertz CT molecular complexity index is 947. The highest BCUT2D eigenvalue weighted by atomic mass is 28.4. The van der Waals surface area contributed by atoms with Gasteiger partial charge in [0.1, 0.15) is 6.54 Å². The minimum atomic E-state index is -1.76. The van der Waals surface area contributed by atoms with Gasteiger partial charge in [0, 0.05) is 12.5 Å². The topological polar surface area (TPSA) is 73.9 Å². The van der Waals surface area contributed by atoms with Gasteiger partial charge in [0.25, 0.3) is 0 Å². The lowest BCUT2D eigenvalue weighted by atomic mass is 9.43. The molecule has 0 aromatic heterocycles. The first-order chi connectivity index (χ1) is 19.0. The standard InChI is InChI=1S/C33H61NO5Si2/c1-22(11-16-30(35)34-21-31(36)37-4)26-14-15-27-25-13-12-23-19-24(38-40(5,6)7)17-18-32(23,2)28(25)20-29(33(26,27)3)39-41(8,9)10/h22-29H,11-21H2,1-10H3,(H,34,35)/t22-,23?,24?,25+,26-,27+,28+,29?,32+,33-/m1/s1. The Kier molecular flexibility index (Phi) is 10.0. The number of amides is 1. The number of fused-ring (bicyclic) bond motifs is 5. The van der Waals surface area contributed by atoms with E-state index in [1.165, 1.54) is 58.5 Å². The molecule has 4 aliphatic carbocycles. The number of methoxy groups -OCH3 is 1. The van der Waals surface area contributed by atoms with Gasteiger partial charge in [-0.1, -0.05) is 20.8 Å². The molecule has 4 fully saturated rings. The predicted molar refractivity (Wildman–Crippen MR) is 170 cm³/mol. The van der Waals surface area contributed by atoms with Crippen LogP contribution >= 0.6 is 0 Å². The summed E-state index contributed by atoms with van der Waals surface area (Å²) in [4.78, 5) is 24.0. The molecular weight excluding hydrogens is 547 g/mol. The highest BCUT2D eigenvalue weighted by Gasteiger charge is 2.64. The van der Waals surface area contributed by atoms with Crippen molar-refractivity contribution in [2.45, 2.75) is 136 Å². The lowest BCUT2D eigenvalue weighted by Gasteiger charge is -2.64. The third kappa shape index (κ3) is 7.17. The maximum absolute atomic E-state index is 12.5. The van der Waals surface area contributed by atoms with Crippen molar-refractivity contribution in [3.8, 4) is 0 Å². The molecule has 0 bridgehead atoms. The number of carbonyl (C=O) groups is 2. The number of hydrogen-bond acceptors (Lipinski definition) is 5. The first kappa shape index (κ1) is 33.2. The summed E-state index contributed by atoms with van der Waals surface area (Å²) in [5.41, 5.74) is 0.552. The van der Waals surface area contributed by atoms with Crippen molar-refractivity contribution in [2.24, 2.45) is 46.3 Å². The Morgan fingerprint density at radius 1 is 0.902 bits per heavy atom. The molecule has 4 saturated carbocycles. The van der Waals surface area contributed by atoms with Crippen LogP contribution in [0.3, 0.4) is 0 Å². The predicted octanol–water partition coefficient (Wildman–Crippen LogP) is 7.40. The molecule has 0 spiro atoms. The van der Waals surface area contributed by atoms with Crippen LogP contribution in [0.4, 0.5) is 0 Å². The van der Waals surface area contributed by atoms with Gasteiger partial charge >= 0.3 is 5.97 Å². The van der Waals surface area contributed by atoms with Gasteiger partial charge < -0.3 is 18.9 Å². The van der Waals surface area contributed by atoms with Gasteiger partial charge in [0.15, 0.2) is 16.6 Å². The molecule has 41 heavy (non-hydrogen) atoms. The highest BCUT2D eigenvalue weighted by molar-refractivity contribution is 6.70. The fourth-order valence-corrected chi connectivity index (χ4v) is 12.6. The van der Waals surface area contributed by atoms with E-state index in [2.05, 4.69) is 70.1 Å². The van der Waals surface area contributed by atoms with Crippen LogP contribution in [-0.2, 0) is 23.2 Å². The molecule has 236 valence electrons. The number of esters is 1. The van der Waals surface area contributed by atoms with Crippen LogP contribution < -0.4 is 5.32 Å². The van der Waals surface area contributed by atoms with Gasteiger partial charge in [-0.15, -0.1) is 0 Å². The fourth-order valence-electron chi connectivity index (χ4n) is 10.2.